The number of fused-ring (bicyclic) bond motifs is 1. The molecule has 5 rings (SSSR count). The number of aliphatic hydroxyl groups is 1. The third kappa shape index (κ3) is 4.68. The summed E-state index contributed by atoms with van der Waals surface area (Å²) < 4.78 is 1.79. The maximum Gasteiger partial charge on any atom is 0.274 e. The Kier molecular flexibility index (Phi) is 6.34. The van der Waals surface area contributed by atoms with Crippen LogP contribution in [-0.4, -0.2) is 81.4 Å². The van der Waals surface area contributed by atoms with Gasteiger partial charge in [0.15, 0.2) is 5.69 Å². The lowest BCUT2D eigenvalue weighted by molar-refractivity contribution is -0.132. The van der Waals surface area contributed by atoms with Crippen LogP contribution in [0.5, 0.6) is 0 Å². The topological polar surface area (TPSA) is 81.9 Å². The fraction of sp³-hybridized carbons (Fsp3) is 0.593. The summed E-state index contributed by atoms with van der Waals surface area (Å²) >= 11 is 0. The van der Waals surface area contributed by atoms with E-state index in [0.717, 1.165) is 43.6 Å². The average Bonchev–Trinajstić information content (AvgIpc) is 3.44. The molecule has 188 valence electrons. The second-order valence-corrected chi connectivity index (χ2v) is 10.7. The van der Waals surface area contributed by atoms with Gasteiger partial charge in [-0.3, -0.25) is 14.3 Å². The zero-order valence-corrected chi connectivity index (χ0v) is 21.2. The first kappa shape index (κ1) is 23.9. The van der Waals surface area contributed by atoms with Gasteiger partial charge in [-0.25, -0.2) is 0 Å². The Hall–Kier alpha value is -2.87. The number of carbonyl (C=O) groups is 2. The highest BCUT2D eigenvalue weighted by Gasteiger charge is 2.34. The molecule has 0 unspecified atom stereocenters. The van der Waals surface area contributed by atoms with E-state index in [1.54, 1.807) is 9.58 Å². The van der Waals surface area contributed by atoms with Crippen molar-refractivity contribution in [2.24, 2.45) is 0 Å². The monoisotopic (exact) mass is 479 g/mol. The van der Waals surface area contributed by atoms with E-state index in [4.69, 9.17) is 0 Å². The van der Waals surface area contributed by atoms with Crippen molar-refractivity contribution in [1.29, 1.82) is 0 Å². The van der Waals surface area contributed by atoms with Crippen LogP contribution in [-0.2, 0) is 24.2 Å². The number of rotatable bonds is 4. The summed E-state index contributed by atoms with van der Waals surface area (Å²) in [6.07, 6.45) is 3.84. The lowest BCUT2D eigenvalue weighted by atomic mass is 9.93. The number of piperazine rings is 1. The molecule has 2 aromatic rings. The Morgan fingerprint density at radius 3 is 2.43 bits per heavy atom. The minimum absolute atomic E-state index is 0.0630. The number of piperidine rings is 1. The van der Waals surface area contributed by atoms with Gasteiger partial charge in [0.05, 0.1) is 5.60 Å². The van der Waals surface area contributed by atoms with Gasteiger partial charge >= 0.3 is 0 Å². The average molecular weight is 480 g/mol. The molecule has 3 aliphatic rings. The number of hydrogen-bond acceptors (Lipinski definition) is 5. The Morgan fingerprint density at radius 2 is 1.71 bits per heavy atom. The zero-order chi connectivity index (χ0) is 24.7. The van der Waals surface area contributed by atoms with Gasteiger partial charge in [-0.15, -0.1) is 0 Å². The third-order valence-corrected chi connectivity index (χ3v) is 8.17. The molecule has 0 atom stereocenters. The highest BCUT2D eigenvalue weighted by atomic mass is 16.3. The van der Waals surface area contributed by atoms with Gasteiger partial charge in [0.2, 0.25) is 5.91 Å². The predicted molar refractivity (Wildman–Crippen MR) is 135 cm³/mol. The molecule has 0 saturated carbocycles. The smallest absolute Gasteiger partial charge is 0.274 e. The molecule has 0 bridgehead atoms. The van der Waals surface area contributed by atoms with Crippen LogP contribution in [0.15, 0.2) is 18.2 Å². The van der Waals surface area contributed by atoms with Gasteiger partial charge in [0.25, 0.3) is 5.91 Å². The third-order valence-electron chi connectivity index (χ3n) is 8.17. The summed E-state index contributed by atoms with van der Waals surface area (Å²) in [4.78, 5) is 32.6. The molecular formula is C27H37N5O3. The minimum Gasteiger partial charge on any atom is -0.390 e. The van der Waals surface area contributed by atoms with E-state index in [-0.39, 0.29) is 18.4 Å². The molecular weight excluding hydrogens is 442 g/mol. The van der Waals surface area contributed by atoms with Crippen LogP contribution < -0.4 is 4.90 Å². The number of likely N-dealkylation sites (tertiary alicyclic amines) is 1. The van der Waals surface area contributed by atoms with Crippen LogP contribution in [0.1, 0.15) is 59.1 Å². The summed E-state index contributed by atoms with van der Waals surface area (Å²) in [6.45, 7) is 10.4. The van der Waals surface area contributed by atoms with Crippen molar-refractivity contribution in [3.63, 3.8) is 0 Å². The van der Waals surface area contributed by atoms with Crippen molar-refractivity contribution in [1.82, 2.24) is 19.6 Å². The molecule has 0 radical (unpaired) electrons. The number of carbonyl (C=O) groups excluding carboxylic acids is 2. The largest absolute Gasteiger partial charge is 0.390 e. The van der Waals surface area contributed by atoms with Crippen molar-refractivity contribution in [3.8, 4) is 0 Å². The van der Waals surface area contributed by atoms with Crippen molar-refractivity contribution >= 4 is 17.5 Å². The number of amides is 2. The molecule has 8 heteroatoms. The van der Waals surface area contributed by atoms with E-state index in [9.17, 15) is 14.7 Å². The normalized spacial score (nSPS) is 19.7. The van der Waals surface area contributed by atoms with Gasteiger partial charge in [-0.2, -0.15) is 5.10 Å². The number of benzene rings is 1. The van der Waals surface area contributed by atoms with Crippen molar-refractivity contribution < 1.29 is 14.7 Å². The maximum atomic E-state index is 13.3. The van der Waals surface area contributed by atoms with Crippen molar-refractivity contribution in [2.75, 3.05) is 44.2 Å². The predicted octanol–water partition coefficient (Wildman–Crippen LogP) is 2.32. The van der Waals surface area contributed by atoms with E-state index in [1.165, 1.54) is 16.8 Å². The molecule has 2 saturated heterocycles. The first-order valence-corrected chi connectivity index (χ1v) is 12.9. The number of aromatic nitrogens is 2. The molecule has 1 aromatic carbocycles. The molecule has 1 aromatic heterocycles. The Labute approximate surface area is 207 Å². The lowest BCUT2D eigenvalue weighted by Crippen LogP contribution is -2.50. The molecule has 2 fully saturated rings. The summed E-state index contributed by atoms with van der Waals surface area (Å²) in [5.74, 6) is 0.00261. The Morgan fingerprint density at radius 1 is 1.00 bits per heavy atom. The van der Waals surface area contributed by atoms with Crippen LogP contribution in [0, 0.1) is 13.8 Å². The summed E-state index contributed by atoms with van der Waals surface area (Å²) in [7, 11) is 0. The number of hydrogen-bond donors (Lipinski definition) is 1. The second kappa shape index (κ2) is 9.30. The molecule has 1 aliphatic carbocycles. The second-order valence-electron chi connectivity index (χ2n) is 10.7. The first-order chi connectivity index (χ1) is 16.7. The minimum atomic E-state index is -0.702. The summed E-state index contributed by atoms with van der Waals surface area (Å²) in [5.41, 5.74) is 5.70. The quantitative estimate of drug-likeness (QED) is 0.728. The van der Waals surface area contributed by atoms with Gasteiger partial charge in [-0.1, -0.05) is 12.1 Å². The molecule has 2 aliphatic heterocycles. The molecule has 8 nitrogen and oxygen atoms in total. The molecule has 0 spiro atoms. The van der Waals surface area contributed by atoms with Crippen molar-refractivity contribution in [2.45, 2.75) is 65.0 Å². The number of anilines is 1. The SMILES string of the molecule is Cc1cccc(N2CCN(C(=O)Cn3nc(C(=O)N4CCC(C)(O)CC4)c4c3CCC4)CC2)c1C. The Balaban J connectivity index is 1.24. The zero-order valence-electron chi connectivity index (χ0n) is 21.2. The fourth-order valence-corrected chi connectivity index (χ4v) is 5.66. The van der Waals surface area contributed by atoms with E-state index in [1.807, 2.05) is 11.8 Å². The van der Waals surface area contributed by atoms with Crippen LogP contribution in [0.4, 0.5) is 5.69 Å². The van der Waals surface area contributed by atoms with Gasteiger partial charge < -0.3 is 19.8 Å². The molecule has 2 amide bonds. The highest BCUT2D eigenvalue weighted by molar-refractivity contribution is 5.94. The summed E-state index contributed by atoms with van der Waals surface area (Å²) in [6, 6.07) is 6.39. The first-order valence-electron chi connectivity index (χ1n) is 12.9. The van der Waals surface area contributed by atoms with E-state index < -0.39 is 5.60 Å². The van der Waals surface area contributed by atoms with Gasteiger partial charge in [-0.05, 0) is 70.1 Å². The van der Waals surface area contributed by atoms with Crippen LogP contribution >= 0.6 is 0 Å². The molecule has 3 heterocycles. The van der Waals surface area contributed by atoms with Crippen molar-refractivity contribution in [3.05, 3.63) is 46.3 Å². The summed E-state index contributed by atoms with van der Waals surface area (Å²) in [5, 5.41) is 14.9. The Bertz CT molecular complexity index is 1120. The van der Waals surface area contributed by atoms with Crippen LogP contribution in [0.25, 0.3) is 0 Å². The maximum absolute atomic E-state index is 13.3. The van der Waals surface area contributed by atoms with E-state index >= 15 is 0 Å². The number of nitrogens with zero attached hydrogens (tertiary/aromatic N) is 5. The number of aryl methyl sites for hydroxylation is 1. The van der Waals surface area contributed by atoms with Crippen LogP contribution in [0.2, 0.25) is 0 Å². The van der Waals surface area contributed by atoms with Crippen LogP contribution in [0.3, 0.4) is 0 Å². The standard InChI is InChI=1S/C27H37N5O3/c1-19-6-4-8-22(20(19)2)29-14-16-30(17-15-29)24(33)18-32-23-9-5-7-21(23)25(28-32)26(34)31-12-10-27(3,35)11-13-31/h4,6,8,35H,5,7,9-18H2,1-3H3. The molecule has 35 heavy (non-hydrogen) atoms. The van der Waals surface area contributed by atoms with Gasteiger partial charge in [0, 0.05) is 56.2 Å². The van der Waals surface area contributed by atoms with E-state index in [2.05, 4.69) is 42.0 Å². The molecule has 1 N–H and O–H groups in total. The fourth-order valence-electron chi connectivity index (χ4n) is 5.66. The highest BCUT2D eigenvalue weighted by Crippen LogP contribution is 2.29. The lowest BCUT2D eigenvalue weighted by Gasteiger charge is -2.37. The van der Waals surface area contributed by atoms with Gasteiger partial charge in [0.1, 0.15) is 6.54 Å². The van der Waals surface area contributed by atoms with E-state index in [0.29, 0.717) is 44.7 Å².